The van der Waals surface area contributed by atoms with E-state index in [2.05, 4.69) is 93.2 Å². The second-order valence-electron chi connectivity index (χ2n) is 5.61. The largest absolute Gasteiger partial charge is 0.0898 e. The van der Waals surface area contributed by atoms with E-state index < -0.39 is 0 Å². The molecule has 114 valence electrons. The highest BCUT2D eigenvalue weighted by atomic mass is 32.2. The van der Waals surface area contributed by atoms with E-state index in [1.807, 2.05) is 0 Å². The zero-order valence-corrected chi connectivity index (χ0v) is 14.4. The predicted octanol–water partition coefficient (Wildman–Crippen LogP) is 6.91. The molecule has 0 amide bonds. The highest BCUT2D eigenvalue weighted by Crippen LogP contribution is 2.38. The van der Waals surface area contributed by atoms with Crippen molar-refractivity contribution in [3.63, 3.8) is 0 Å². The van der Waals surface area contributed by atoms with Gasteiger partial charge in [-0.3, -0.25) is 0 Å². The van der Waals surface area contributed by atoms with Gasteiger partial charge in [0.2, 0.25) is 0 Å². The summed E-state index contributed by atoms with van der Waals surface area (Å²) in [5.74, 6) is 0. The summed E-state index contributed by atoms with van der Waals surface area (Å²) in [5.41, 5.74) is 3.70. The molecule has 0 fully saturated rings. The third kappa shape index (κ3) is 3.57. The molecular formula is C22H20S. The van der Waals surface area contributed by atoms with Crippen molar-refractivity contribution >= 4 is 32.3 Å². The smallest absolute Gasteiger partial charge is 0.0152 e. The van der Waals surface area contributed by atoms with Gasteiger partial charge in [-0.15, -0.1) is 0 Å². The average Bonchev–Trinajstić information content (AvgIpc) is 2.60. The first-order valence-electron chi connectivity index (χ1n) is 7.76. The summed E-state index contributed by atoms with van der Waals surface area (Å²) in [6, 6.07) is 23.6. The minimum absolute atomic E-state index is 1.07. The van der Waals surface area contributed by atoms with Crippen molar-refractivity contribution < 1.29 is 0 Å². The molecule has 0 heterocycles. The van der Waals surface area contributed by atoms with E-state index in [1.165, 1.54) is 32.4 Å². The fourth-order valence-corrected chi connectivity index (χ4v) is 3.44. The number of fused-ring (bicyclic) bond motifs is 1. The summed E-state index contributed by atoms with van der Waals surface area (Å²) in [6.07, 6.45) is 2.15. The Balaban J connectivity index is 1.85. The molecular weight excluding hydrogens is 296 g/mol. The summed E-state index contributed by atoms with van der Waals surface area (Å²) >= 11 is 1.73. The lowest BCUT2D eigenvalue weighted by Gasteiger charge is -2.11. The molecule has 0 atom stereocenters. The maximum absolute atomic E-state index is 4.28. The number of thioether (sulfide) groups is 1. The molecule has 0 aliphatic heterocycles. The number of aryl methyl sites for hydroxylation is 1. The third-order valence-electron chi connectivity index (χ3n) is 3.90. The van der Waals surface area contributed by atoms with E-state index in [0.717, 1.165) is 4.91 Å². The highest BCUT2D eigenvalue weighted by molar-refractivity contribution is 8.16. The van der Waals surface area contributed by atoms with Crippen LogP contribution < -0.4 is 0 Å². The Labute approximate surface area is 142 Å². The van der Waals surface area contributed by atoms with Crippen molar-refractivity contribution in [3.8, 4) is 0 Å². The molecule has 0 radical (unpaired) electrons. The van der Waals surface area contributed by atoms with Gasteiger partial charge >= 0.3 is 0 Å². The van der Waals surface area contributed by atoms with Gasteiger partial charge in [0.05, 0.1) is 0 Å². The van der Waals surface area contributed by atoms with Crippen LogP contribution in [0.15, 0.2) is 79.4 Å². The van der Waals surface area contributed by atoms with Crippen molar-refractivity contribution in [1.82, 2.24) is 0 Å². The molecule has 0 saturated heterocycles. The fourth-order valence-electron chi connectivity index (χ4n) is 2.56. The Morgan fingerprint density at radius 1 is 0.870 bits per heavy atom. The Bertz CT molecular complexity index is 870. The van der Waals surface area contributed by atoms with Gasteiger partial charge in [0, 0.05) is 9.81 Å². The van der Waals surface area contributed by atoms with Crippen molar-refractivity contribution in [1.29, 1.82) is 0 Å². The molecule has 0 aromatic heterocycles. The molecule has 3 rings (SSSR count). The molecule has 3 aromatic rings. The second-order valence-corrected chi connectivity index (χ2v) is 6.74. The Morgan fingerprint density at radius 3 is 2.22 bits per heavy atom. The van der Waals surface area contributed by atoms with Crippen molar-refractivity contribution in [2.24, 2.45) is 0 Å². The SMILES string of the molecule is C=C(S/C(=C\C)c1ccc(C)cc1)c1ccc2ccccc2c1. The molecule has 0 aliphatic carbocycles. The van der Waals surface area contributed by atoms with Crippen LogP contribution in [-0.2, 0) is 0 Å². The van der Waals surface area contributed by atoms with Crippen LogP contribution >= 0.6 is 11.8 Å². The summed E-state index contributed by atoms with van der Waals surface area (Å²) in [5, 5.41) is 2.52. The van der Waals surface area contributed by atoms with Crippen LogP contribution in [0.5, 0.6) is 0 Å². The molecule has 3 aromatic carbocycles. The maximum Gasteiger partial charge on any atom is 0.0152 e. The van der Waals surface area contributed by atoms with Crippen LogP contribution in [0.4, 0.5) is 0 Å². The van der Waals surface area contributed by atoms with Crippen molar-refractivity contribution in [3.05, 3.63) is 96.1 Å². The lowest BCUT2D eigenvalue weighted by Crippen LogP contribution is -1.84. The van der Waals surface area contributed by atoms with Gasteiger partial charge in [-0.05, 0) is 41.8 Å². The average molecular weight is 316 g/mol. The van der Waals surface area contributed by atoms with Crippen LogP contribution in [0.2, 0.25) is 0 Å². The minimum atomic E-state index is 1.07. The lowest BCUT2D eigenvalue weighted by molar-refractivity contribution is 1.46. The Kier molecular flexibility index (Phi) is 4.68. The van der Waals surface area contributed by atoms with E-state index in [4.69, 9.17) is 0 Å². The first-order valence-corrected chi connectivity index (χ1v) is 8.58. The van der Waals surface area contributed by atoms with Crippen molar-refractivity contribution in [2.75, 3.05) is 0 Å². The number of allylic oxidation sites excluding steroid dienone is 1. The normalized spacial score (nSPS) is 11.7. The zero-order chi connectivity index (χ0) is 16.2. The number of hydrogen-bond donors (Lipinski definition) is 0. The summed E-state index contributed by atoms with van der Waals surface area (Å²) in [4.78, 5) is 2.31. The zero-order valence-electron chi connectivity index (χ0n) is 13.5. The first-order chi connectivity index (χ1) is 11.2. The van der Waals surface area contributed by atoms with Crippen molar-refractivity contribution in [2.45, 2.75) is 13.8 Å². The first kappa shape index (κ1) is 15.6. The minimum Gasteiger partial charge on any atom is -0.0898 e. The maximum atomic E-state index is 4.28. The Hall–Kier alpha value is -2.25. The van der Waals surface area contributed by atoms with Gasteiger partial charge < -0.3 is 0 Å². The number of benzene rings is 3. The topological polar surface area (TPSA) is 0 Å². The van der Waals surface area contributed by atoms with Gasteiger partial charge in [-0.2, -0.15) is 0 Å². The number of hydrogen-bond acceptors (Lipinski definition) is 1. The molecule has 0 unspecified atom stereocenters. The Morgan fingerprint density at radius 2 is 1.52 bits per heavy atom. The monoisotopic (exact) mass is 316 g/mol. The van der Waals surface area contributed by atoms with E-state index in [9.17, 15) is 0 Å². The fraction of sp³-hybridized carbons (Fsp3) is 0.0909. The van der Waals surface area contributed by atoms with Crippen LogP contribution in [0.3, 0.4) is 0 Å². The summed E-state index contributed by atoms with van der Waals surface area (Å²) in [6.45, 7) is 8.48. The summed E-state index contributed by atoms with van der Waals surface area (Å²) in [7, 11) is 0. The van der Waals surface area contributed by atoms with Crippen LogP contribution in [-0.4, -0.2) is 0 Å². The van der Waals surface area contributed by atoms with Crippen LogP contribution in [0.25, 0.3) is 20.6 Å². The van der Waals surface area contributed by atoms with E-state index in [0.29, 0.717) is 0 Å². The van der Waals surface area contributed by atoms with Gasteiger partial charge in [-0.25, -0.2) is 0 Å². The van der Waals surface area contributed by atoms with Gasteiger partial charge in [-0.1, -0.05) is 90.6 Å². The second kappa shape index (κ2) is 6.89. The molecule has 1 heteroatoms. The van der Waals surface area contributed by atoms with Gasteiger partial charge in [0.15, 0.2) is 0 Å². The highest BCUT2D eigenvalue weighted by Gasteiger charge is 2.07. The molecule has 0 aliphatic rings. The lowest BCUT2D eigenvalue weighted by atomic mass is 10.1. The van der Waals surface area contributed by atoms with Crippen LogP contribution in [0, 0.1) is 6.92 Å². The van der Waals surface area contributed by atoms with Gasteiger partial charge in [0.25, 0.3) is 0 Å². The quantitative estimate of drug-likeness (QED) is 0.503. The third-order valence-corrected chi connectivity index (χ3v) is 5.08. The van der Waals surface area contributed by atoms with E-state index >= 15 is 0 Å². The number of rotatable bonds is 4. The standard InChI is InChI=1S/C22H20S/c1-4-22(19-11-9-16(2)10-12-19)23-17(3)20-14-13-18-7-5-6-8-21(18)15-20/h4-15H,3H2,1-2H3/b22-4-. The van der Waals surface area contributed by atoms with E-state index in [1.54, 1.807) is 11.8 Å². The summed E-state index contributed by atoms with van der Waals surface area (Å²) < 4.78 is 0. The molecule has 23 heavy (non-hydrogen) atoms. The molecule has 0 N–H and O–H groups in total. The van der Waals surface area contributed by atoms with Gasteiger partial charge in [0.1, 0.15) is 0 Å². The molecule has 0 bridgehead atoms. The van der Waals surface area contributed by atoms with E-state index in [-0.39, 0.29) is 0 Å². The molecule has 0 saturated carbocycles. The van der Waals surface area contributed by atoms with Crippen LogP contribution in [0.1, 0.15) is 23.6 Å². The molecule has 0 spiro atoms. The molecule has 0 nitrogen and oxygen atoms in total. The predicted molar refractivity (Wildman–Crippen MR) is 105 cm³/mol.